The van der Waals surface area contributed by atoms with Crippen molar-refractivity contribution in [2.75, 3.05) is 0 Å². The van der Waals surface area contributed by atoms with Crippen LogP contribution in [0.5, 0.6) is 0 Å². The predicted molar refractivity (Wildman–Crippen MR) is 84.4 cm³/mol. The number of allylic oxidation sites excluding steroid dienone is 6. The fourth-order valence-corrected chi connectivity index (χ4v) is 3.48. The SMILES string of the molecule is C=C/C=C(F)\C=C/Cn1ncc2c1C=C1CCC[C@@]1(C)C2. The monoisotopic (exact) mass is 284 g/mol. The molecule has 0 unspecified atom stereocenters. The van der Waals surface area contributed by atoms with E-state index in [-0.39, 0.29) is 5.83 Å². The second kappa shape index (κ2) is 5.47. The van der Waals surface area contributed by atoms with Crippen molar-refractivity contribution in [2.45, 2.75) is 39.2 Å². The van der Waals surface area contributed by atoms with Gasteiger partial charge in [-0.3, -0.25) is 4.68 Å². The van der Waals surface area contributed by atoms with Gasteiger partial charge in [-0.15, -0.1) is 0 Å². The molecule has 1 atom stereocenters. The Labute approximate surface area is 125 Å². The average Bonchev–Trinajstić information content (AvgIpc) is 2.99. The normalized spacial score (nSPS) is 24.9. The Kier molecular flexibility index (Phi) is 3.66. The van der Waals surface area contributed by atoms with Gasteiger partial charge in [0.15, 0.2) is 0 Å². The van der Waals surface area contributed by atoms with Crippen molar-refractivity contribution < 1.29 is 4.39 Å². The number of hydrogen-bond acceptors (Lipinski definition) is 1. The smallest absolute Gasteiger partial charge is 0.122 e. The Bertz CT molecular complexity index is 648. The zero-order valence-electron chi connectivity index (χ0n) is 12.5. The highest BCUT2D eigenvalue weighted by molar-refractivity contribution is 5.59. The largest absolute Gasteiger partial charge is 0.261 e. The maximum atomic E-state index is 13.3. The molecule has 1 heterocycles. The minimum atomic E-state index is -0.284. The molecule has 0 radical (unpaired) electrons. The van der Waals surface area contributed by atoms with Crippen LogP contribution in [0.4, 0.5) is 4.39 Å². The van der Waals surface area contributed by atoms with Crippen LogP contribution in [0.1, 0.15) is 37.4 Å². The average molecular weight is 284 g/mol. The number of nitrogens with zero attached hydrogens (tertiary/aromatic N) is 2. The van der Waals surface area contributed by atoms with Crippen LogP contribution < -0.4 is 0 Å². The quantitative estimate of drug-likeness (QED) is 0.738. The lowest BCUT2D eigenvalue weighted by Gasteiger charge is -2.29. The van der Waals surface area contributed by atoms with Crippen molar-refractivity contribution in [3.05, 3.63) is 59.7 Å². The van der Waals surface area contributed by atoms with E-state index in [2.05, 4.69) is 24.7 Å². The second-order valence-corrected chi connectivity index (χ2v) is 6.19. The summed E-state index contributed by atoms with van der Waals surface area (Å²) in [5, 5.41) is 4.46. The van der Waals surface area contributed by atoms with Gasteiger partial charge in [0, 0.05) is 0 Å². The Hall–Kier alpha value is -1.90. The van der Waals surface area contributed by atoms with Gasteiger partial charge in [-0.05, 0) is 54.9 Å². The predicted octanol–water partition coefficient (Wildman–Crippen LogP) is 4.61. The summed E-state index contributed by atoms with van der Waals surface area (Å²) in [7, 11) is 0. The lowest BCUT2D eigenvalue weighted by Crippen LogP contribution is -2.21. The molecule has 1 saturated carbocycles. The molecular weight excluding hydrogens is 263 g/mol. The minimum Gasteiger partial charge on any atom is -0.261 e. The molecule has 1 aromatic heterocycles. The van der Waals surface area contributed by atoms with Crippen LogP contribution >= 0.6 is 0 Å². The van der Waals surface area contributed by atoms with E-state index in [1.54, 1.807) is 11.6 Å². The summed E-state index contributed by atoms with van der Waals surface area (Å²) >= 11 is 0. The van der Waals surface area contributed by atoms with E-state index in [4.69, 9.17) is 0 Å². The molecule has 3 heteroatoms. The summed E-state index contributed by atoms with van der Waals surface area (Å²) in [6, 6.07) is 0. The number of hydrogen-bond donors (Lipinski definition) is 0. The van der Waals surface area contributed by atoms with Gasteiger partial charge in [-0.2, -0.15) is 5.10 Å². The first-order valence-corrected chi connectivity index (χ1v) is 7.53. The molecular formula is C18H21FN2. The van der Waals surface area contributed by atoms with E-state index in [9.17, 15) is 4.39 Å². The molecule has 0 amide bonds. The highest BCUT2D eigenvalue weighted by Crippen LogP contribution is 2.49. The number of aromatic nitrogens is 2. The Balaban J connectivity index is 1.80. The third-order valence-corrected chi connectivity index (χ3v) is 4.63. The van der Waals surface area contributed by atoms with Crippen LogP contribution in [0, 0.1) is 5.41 Å². The maximum Gasteiger partial charge on any atom is 0.122 e. The van der Waals surface area contributed by atoms with Gasteiger partial charge in [0.05, 0.1) is 18.4 Å². The van der Waals surface area contributed by atoms with Crippen molar-refractivity contribution in [2.24, 2.45) is 5.41 Å². The van der Waals surface area contributed by atoms with E-state index >= 15 is 0 Å². The first-order valence-electron chi connectivity index (χ1n) is 7.53. The number of rotatable bonds is 4. The molecule has 2 aliphatic carbocycles. The summed E-state index contributed by atoms with van der Waals surface area (Å²) < 4.78 is 15.2. The van der Waals surface area contributed by atoms with Crippen LogP contribution in [0.25, 0.3) is 6.08 Å². The standard InChI is InChI=1S/C18H21FN2/c1-3-6-16(19)8-5-10-21-17-11-15-7-4-9-18(15,2)12-14(17)13-20-21/h3,5-6,8,11,13H,1,4,7,9-10,12H2,2H3/b8-5-,16-6+/t18-/m0/s1. The van der Waals surface area contributed by atoms with Gasteiger partial charge in [-0.25, -0.2) is 4.39 Å². The maximum absolute atomic E-state index is 13.3. The van der Waals surface area contributed by atoms with Gasteiger partial charge in [0.25, 0.3) is 0 Å². The molecule has 0 aromatic carbocycles. The first kappa shape index (κ1) is 14.1. The van der Waals surface area contributed by atoms with E-state index < -0.39 is 0 Å². The molecule has 0 saturated heterocycles. The van der Waals surface area contributed by atoms with Gasteiger partial charge in [0.1, 0.15) is 5.83 Å². The zero-order chi connectivity index (χ0) is 14.9. The van der Waals surface area contributed by atoms with Crippen molar-refractivity contribution in [3.8, 4) is 0 Å². The molecule has 21 heavy (non-hydrogen) atoms. The fraction of sp³-hybridized carbons (Fsp3) is 0.389. The van der Waals surface area contributed by atoms with Crippen molar-refractivity contribution >= 4 is 6.08 Å². The van der Waals surface area contributed by atoms with Crippen LogP contribution in [0.2, 0.25) is 0 Å². The van der Waals surface area contributed by atoms with Crippen molar-refractivity contribution in [3.63, 3.8) is 0 Å². The molecule has 3 rings (SSSR count). The van der Waals surface area contributed by atoms with E-state index in [0.29, 0.717) is 12.0 Å². The molecule has 110 valence electrons. The topological polar surface area (TPSA) is 17.8 Å². The van der Waals surface area contributed by atoms with Gasteiger partial charge < -0.3 is 0 Å². The molecule has 0 bridgehead atoms. The van der Waals surface area contributed by atoms with E-state index in [1.807, 2.05) is 10.9 Å². The molecule has 1 fully saturated rings. The highest BCUT2D eigenvalue weighted by atomic mass is 19.1. The molecule has 0 N–H and O–H groups in total. The lowest BCUT2D eigenvalue weighted by atomic mass is 9.75. The molecule has 0 spiro atoms. The molecule has 1 aromatic rings. The Morgan fingerprint density at radius 1 is 1.57 bits per heavy atom. The molecule has 0 aliphatic heterocycles. The van der Waals surface area contributed by atoms with Gasteiger partial charge in [-0.1, -0.05) is 31.2 Å². The summed E-state index contributed by atoms with van der Waals surface area (Å²) in [5.74, 6) is -0.284. The summed E-state index contributed by atoms with van der Waals surface area (Å²) in [4.78, 5) is 0. The molecule has 2 nitrogen and oxygen atoms in total. The van der Waals surface area contributed by atoms with Crippen LogP contribution in [0.15, 0.2) is 48.5 Å². The zero-order valence-corrected chi connectivity index (χ0v) is 12.5. The molecule has 2 aliphatic rings. The van der Waals surface area contributed by atoms with Crippen molar-refractivity contribution in [1.29, 1.82) is 0 Å². The lowest BCUT2D eigenvalue weighted by molar-refractivity contribution is 0.404. The Morgan fingerprint density at radius 2 is 2.43 bits per heavy atom. The van der Waals surface area contributed by atoms with Crippen LogP contribution in [-0.4, -0.2) is 9.78 Å². The van der Waals surface area contributed by atoms with Crippen LogP contribution in [-0.2, 0) is 13.0 Å². The third kappa shape index (κ3) is 2.65. The first-order chi connectivity index (χ1) is 10.1. The van der Waals surface area contributed by atoms with Gasteiger partial charge >= 0.3 is 0 Å². The van der Waals surface area contributed by atoms with Crippen LogP contribution in [0.3, 0.4) is 0 Å². The third-order valence-electron chi connectivity index (χ3n) is 4.63. The highest BCUT2D eigenvalue weighted by Gasteiger charge is 2.37. The Morgan fingerprint density at radius 3 is 3.24 bits per heavy atom. The van der Waals surface area contributed by atoms with Crippen molar-refractivity contribution in [1.82, 2.24) is 9.78 Å². The fourth-order valence-electron chi connectivity index (χ4n) is 3.48. The summed E-state index contributed by atoms with van der Waals surface area (Å²) in [5.41, 5.74) is 4.41. The number of halogens is 1. The second-order valence-electron chi connectivity index (χ2n) is 6.19. The van der Waals surface area contributed by atoms with Gasteiger partial charge in [0.2, 0.25) is 0 Å². The summed E-state index contributed by atoms with van der Waals surface area (Å²) in [6.45, 7) is 6.43. The minimum absolute atomic E-state index is 0.284. The summed E-state index contributed by atoms with van der Waals surface area (Å²) in [6.07, 6.45) is 15.2. The number of fused-ring (bicyclic) bond motifs is 2. The van der Waals surface area contributed by atoms with E-state index in [1.165, 1.54) is 48.7 Å². The van der Waals surface area contributed by atoms with E-state index in [0.717, 1.165) is 6.42 Å².